The Morgan fingerprint density at radius 3 is 2.65 bits per heavy atom. The summed E-state index contributed by atoms with van der Waals surface area (Å²) in [6, 6.07) is 10.5. The molecular formula is C16H21BrN2O. The average molecular weight is 337 g/mol. The zero-order valence-corrected chi connectivity index (χ0v) is 13.8. The van der Waals surface area contributed by atoms with Gasteiger partial charge in [0, 0.05) is 23.1 Å². The van der Waals surface area contributed by atoms with Crippen molar-refractivity contribution >= 4 is 15.9 Å². The summed E-state index contributed by atoms with van der Waals surface area (Å²) in [6.07, 6.45) is 0. The van der Waals surface area contributed by atoms with E-state index in [1.54, 1.807) is 0 Å². The van der Waals surface area contributed by atoms with E-state index in [1.807, 2.05) is 20.0 Å². The standard InChI is InChI=1S/C16H21BrN2O/c1-12-14(9-18-2)8-15(20-12)11-19(3)10-13-6-4-5-7-16(13)17/h4-8,18H,9-11H2,1-3H3. The molecule has 1 heterocycles. The van der Waals surface area contributed by atoms with Crippen LogP contribution in [-0.4, -0.2) is 19.0 Å². The molecule has 2 aromatic rings. The molecule has 0 unspecified atom stereocenters. The number of furan rings is 1. The van der Waals surface area contributed by atoms with E-state index in [9.17, 15) is 0 Å². The first-order chi connectivity index (χ1) is 9.60. The molecule has 0 saturated carbocycles. The number of benzene rings is 1. The Bertz CT molecular complexity index is 565. The van der Waals surface area contributed by atoms with Crippen LogP contribution < -0.4 is 5.32 Å². The van der Waals surface area contributed by atoms with Crippen molar-refractivity contribution in [2.24, 2.45) is 0 Å². The van der Waals surface area contributed by atoms with Gasteiger partial charge in [0.25, 0.3) is 0 Å². The van der Waals surface area contributed by atoms with Gasteiger partial charge in [0.05, 0.1) is 6.54 Å². The van der Waals surface area contributed by atoms with E-state index in [4.69, 9.17) is 4.42 Å². The second-order valence-electron chi connectivity index (χ2n) is 5.09. The Morgan fingerprint density at radius 1 is 1.20 bits per heavy atom. The topological polar surface area (TPSA) is 28.4 Å². The summed E-state index contributed by atoms with van der Waals surface area (Å²) < 4.78 is 6.96. The van der Waals surface area contributed by atoms with Crippen LogP contribution in [0.2, 0.25) is 0 Å². The smallest absolute Gasteiger partial charge is 0.118 e. The lowest BCUT2D eigenvalue weighted by Gasteiger charge is -2.16. The third-order valence-corrected chi connectivity index (χ3v) is 4.04. The SMILES string of the molecule is CNCc1cc(CN(C)Cc2ccccc2Br)oc1C. The molecule has 3 nitrogen and oxygen atoms in total. The highest BCUT2D eigenvalue weighted by Crippen LogP contribution is 2.20. The van der Waals surface area contributed by atoms with E-state index in [2.05, 4.69) is 57.5 Å². The van der Waals surface area contributed by atoms with Crippen molar-refractivity contribution in [1.29, 1.82) is 0 Å². The van der Waals surface area contributed by atoms with E-state index >= 15 is 0 Å². The molecule has 0 atom stereocenters. The Balaban J connectivity index is 1.99. The molecule has 1 N–H and O–H groups in total. The molecule has 0 saturated heterocycles. The van der Waals surface area contributed by atoms with E-state index < -0.39 is 0 Å². The number of rotatable bonds is 6. The minimum atomic E-state index is 0.811. The van der Waals surface area contributed by atoms with Crippen LogP contribution >= 0.6 is 15.9 Å². The van der Waals surface area contributed by atoms with Gasteiger partial charge in [-0.2, -0.15) is 0 Å². The molecule has 108 valence electrons. The van der Waals surface area contributed by atoms with E-state index in [-0.39, 0.29) is 0 Å². The molecule has 0 aliphatic heterocycles. The summed E-state index contributed by atoms with van der Waals surface area (Å²) in [7, 11) is 4.06. The minimum absolute atomic E-state index is 0.811. The molecular weight excluding hydrogens is 316 g/mol. The molecule has 0 fully saturated rings. The third-order valence-electron chi connectivity index (χ3n) is 3.26. The highest BCUT2D eigenvalue weighted by Gasteiger charge is 2.10. The fourth-order valence-electron chi connectivity index (χ4n) is 2.27. The van der Waals surface area contributed by atoms with Gasteiger partial charge in [-0.15, -0.1) is 0 Å². The molecule has 4 heteroatoms. The fourth-order valence-corrected chi connectivity index (χ4v) is 2.68. The molecule has 0 radical (unpaired) electrons. The van der Waals surface area contributed by atoms with E-state index in [0.717, 1.165) is 35.6 Å². The average Bonchev–Trinajstić information content (AvgIpc) is 2.73. The van der Waals surface area contributed by atoms with E-state index in [1.165, 1.54) is 11.1 Å². The van der Waals surface area contributed by atoms with Gasteiger partial charge in [-0.05, 0) is 38.7 Å². The van der Waals surface area contributed by atoms with Crippen LogP contribution in [0.25, 0.3) is 0 Å². The van der Waals surface area contributed by atoms with Gasteiger partial charge in [-0.25, -0.2) is 0 Å². The van der Waals surface area contributed by atoms with Crippen LogP contribution in [0.15, 0.2) is 39.2 Å². The molecule has 1 aromatic carbocycles. The number of aryl methyl sites for hydroxylation is 1. The number of hydrogen-bond acceptors (Lipinski definition) is 3. The van der Waals surface area contributed by atoms with Crippen LogP contribution in [-0.2, 0) is 19.6 Å². The fraction of sp³-hybridized carbons (Fsp3) is 0.375. The molecule has 1 aromatic heterocycles. The van der Waals surface area contributed by atoms with Crippen molar-refractivity contribution < 1.29 is 4.42 Å². The molecule has 20 heavy (non-hydrogen) atoms. The summed E-state index contributed by atoms with van der Waals surface area (Å²) in [4.78, 5) is 2.25. The first-order valence-corrected chi connectivity index (χ1v) is 7.54. The Morgan fingerprint density at radius 2 is 1.95 bits per heavy atom. The normalized spacial score (nSPS) is 11.2. The largest absolute Gasteiger partial charge is 0.465 e. The summed E-state index contributed by atoms with van der Waals surface area (Å²) in [5.74, 6) is 2.02. The van der Waals surface area contributed by atoms with Crippen molar-refractivity contribution in [3.8, 4) is 0 Å². The molecule has 2 rings (SSSR count). The Labute approximate surface area is 129 Å². The van der Waals surface area contributed by atoms with Gasteiger partial charge in [-0.1, -0.05) is 34.1 Å². The highest BCUT2D eigenvalue weighted by atomic mass is 79.9. The zero-order valence-electron chi connectivity index (χ0n) is 12.2. The number of halogens is 1. The van der Waals surface area contributed by atoms with Gasteiger partial charge >= 0.3 is 0 Å². The molecule has 0 bridgehead atoms. The maximum absolute atomic E-state index is 5.81. The van der Waals surface area contributed by atoms with Crippen LogP contribution in [0.1, 0.15) is 22.6 Å². The highest BCUT2D eigenvalue weighted by molar-refractivity contribution is 9.10. The van der Waals surface area contributed by atoms with Crippen molar-refractivity contribution in [3.63, 3.8) is 0 Å². The maximum atomic E-state index is 5.81. The molecule has 0 amide bonds. The third kappa shape index (κ3) is 3.95. The van der Waals surface area contributed by atoms with Gasteiger partial charge in [0.2, 0.25) is 0 Å². The van der Waals surface area contributed by atoms with Crippen LogP contribution in [0.5, 0.6) is 0 Å². The Hall–Kier alpha value is -1.10. The van der Waals surface area contributed by atoms with Crippen LogP contribution in [0, 0.1) is 6.92 Å². The van der Waals surface area contributed by atoms with E-state index in [0.29, 0.717) is 0 Å². The predicted octanol–water partition coefficient (Wildman–Crippen LogP) is 3.70. The molecule has 0 aliphatic rings. The quantitative estimate of drug-likeness (QED) is 0.871. The van der Waals surface area contributed by atoms with Gasteiger partial charge in [0.15, 0.2) is 0 Å². The minimum Gasteiger partial charge on any atom is -0.465 e. The number of nitrogens with one attached hydrogen (secondary N) is 1. The van der Waals surface area contributed by atoms with Crippen molar-refractivity contribution in [2.45, 2.75) is 26.6 Å². The summed E-state index contributed by atoms with van der Waals surface area (Å²) in [6.45, 7) is 4.57. The van der Waals surface area contributed by atoms with Gasteiger partial charge < -0.3 is 9.73 Å². The lowest BCUT2D eigenvalue weighted by atomic mass is 10.2. The zero-order chi connectivity index (χ0) is 14.5. The maximum Gasteiger partial charge on any atom is 0.118 e. The lowest BCUT2D eigenvalue weighted by Crippen LogP contribution is -2.17. The molecule has 0 aliphatic carbocycles. The molecule has 0 spiro atoms. The first-order valence-electron chi connectivity index (χ1n) is 6.75. The second-order valence-corrected chi connectivity index (χ2v) is 5.94. The first kappa shape index (κ1) is 15.3. The van der Waals surface area contributed by atoms with Crippen LogP contribution in [0.4, 0.5) is 0 Å². The predicted molar refractivity (Wildman–Crippen MR) is 85.5 cm³/mol. The van der Waals surface area contributed by atoms with Crippen molar-refractivity contribution in [1.82, 2.24) is 10.2 Å². The lowest BCUT2D eigenvalue weighted by molar-refractivity contribution is 0.284. The van der Waals surface area contributed by atoms with Crippen molar-refractivity contribution in [3.05, 3.63) is 57.5 Å². The second kappa shape index (κ2) is 7.07. The summed E-state index contributed by atoms with van der Waals surface area (Å²) >= 11 is 3.59. The Kier molecular flexibility index (Phi) is 5.40. The summed E-state index contributed by atoms with van der Waals surface area (Å²) in [5, 5.41) is 3.16. The number of hydrogen-bond donors (Lipinski definition) is 1. The van der Waals surface area contributed by atoms with Gasteiger partial charge in [0.1, 0.15) is 11.5 Å². The summed E-state index contributed by atoms with van der Waals surface area (Å²) in [5.41, 5.74) is 2.52. The number of nitrogens with zero attached hydrogens (tertiary/aromatic N) is 1. The van der Waals surface area contributed by atoms with Crippen molar-refractivity contribution in [2.75, 3.05) is 14.1 Å². The van der Waals surface area contributed by atoms with Crippen LogP contribution in [0.3, 0.4) is 0 Å². The van der Waals surface area contributed by atoms with Gasteiger partial charge in [-0.3, -0.25) is 4.90 Å². The monoisotopic (exact) mass is 336 g/mol.